The molecule has 0 radical (unpaired) electrons. The molecule has 2 heterocycles. The van der Waals surface area contributed by atoms with Gasteiger partial charge in [0.1, 0.15) is 15.8 Å². The summed E-state index contributed by atoms with van der Waals surface area (Å²) in [5, 5.41) is 6.08. The number of benzene rings is 2. The van der Waals surface area contributed by atoms with Gasteiger partial charge >= 0.3 is 0 Å². The lowest BCUT2D eigenvalue weighted by atomic mass is 10.2. The highest BCUT2D eigenvalue weighted by atomic mass is 35.5. The van der Waals surface area contributed by atoms with Crippen molar-refractivity contribution < 1.29 is 14.3 Å². The third-order valence-corrected chi connectivity index (χ3v) is 6.84. The van der Waals surface area contributed by atoms with Gasteiger partial charge in [-0.3, -0.25) is 4.79 Å². The van der Waals surface area contributed by atoms with Crippen LogP contribution in [0, 0.1) is 0 Å². The number of hydrogen-bond donors (Lipinski definition) is 0. The van der Waals surface area contributed by atoms with E-state index in [4.69, 9.17) is 32.7 Å². The first-order chi connectivity index (χ1) is 15.5. The van der Waals surface area contributed by atoms with Crippen molar-refractivity contribution in [1.82, 2.24) is 4.98 Å². The first-order valence-corrected chi connectivity index (χ1v) is 11.9. The van der Waals surface area contributed by atoms with Gasteiger partial charge < -0.3 is 9.47 Å². The Balaban J connectivity index is 1.72. The van der Waals surface area contributed by atoms with Gasteiger partial charge in [-0.15, -0.1) is 11.3 Å². The van der Waals surface area contributed by atoms with Crippen molar-refractivity contribution in [3.63, 3.8) is 0 Å². The van der Waals surface area contributed by atoms with Crippen LogP contribution in [0.4, 0.5) is 5.13 Å². The Morgan fingerprint density at radius 2 is 1.88 bits per heavy atom. The summed E-state index contributed by atoms with van der Waals surface area (Å²) in [6.45, 7) is 2.51. The zero-order valence-corrected chi connectivity index (χ0v) is 20.2. The SMILES string of the molecule is CCOc1ccc(/C=N/N(C(=O)c2cc(Cl)sc2Cl)c2nc3ccc(OC)cc3s2)cc1. The number of hydrogen-bond acceptors (Lipinski definition) is 7. The molecular formula is C22H17Cl2N3O3S2. The van der Waals surface area contributed by atoms with E-state index in [0.717, 1.165) is 32.9 Å². The van der Waals surface area contributed by atoms with Crippen molar-refractivity contribution in [2.45, 2.75) is 6.92 Å². The smallest absolute Gasteiger partial charge is 0.283 e. The van der Waals surface area contributed by atoms with Gasteiger partial charge in [-0.1, -0.05) is 34.5 Å². The molecule has 0 saturated heterocycles. The molecule has 1 amide bonds. The quantitative estimate of drug-likeness (QED) is 0.205. The van der Waals surface area contributed by atoms with Crippen molar-refractivity contribution >= 4 is 73.3 Å². The summed E-state index contributed by atoms with van der Waals surface area (Å²) in [4.78, 5) is 17.9. The molecule has 164 valence electrons. The van der Waals surface area contributed by atoms with E-state index < -0.39 is 5.91 Å². The van der Waals surface area contributed by atoms with E-state index in [1.165, 1.54) is 22.4 Å². The number of amides is 1. The topological polar surface area (TPSA) is 64.0 Å². The molecule has 0 fully saturated rings. The monoisotopic (exact) mass is 505 g/mol. The zero-order valence-electron chi connectivity index (χ0n) is 17.0. The molecule has 2 aromatic heterocycles. The van der Waals surface area contributed by atoms with Crippen LogP contribution < -0.4 is 14.5 Å². The second-order valence-electron chi connectivity index (χ2n) is 6.43. The van der Waals surface area contributed by atoms with Gasteiger partial charge in [-0.05, 0) is 61.0 Å². The molecule has 2 aromatic carbocycles. The van der Waals surface area contributed by atoms with Crippen molar-refractivity contribution in [3.05, 3.63) is 68.3 Å². The Morgan fingerprint density at radius 1 is 1.12 bits per heavy atom. The average Bonchev–Trinajstić information content (AvgIpc) is 3.36. The molecule has 32 heavy (non-hydrogen) atoms. The van der Waals surface area contributed by atoms with Crippen LogP contribution in [0.5, 0.6) is 11.5 Å². The van der Waals surface area contributed by atoms with Gasteiger partial charge in [-0.2, -0.15) is 10.1 Å². The minimum absolute atomic E-state index is 0.266. The molecule has 4 rings (SSSR count). The molecule has 0 aliphatic heterocycles. The maximum absolute atomic E-state index is 13.3. The number of fused-ring (bicyclic) bond motifs is 1. The first kappa shape index (κ1) is 22.5. The second-order valence-corrected chi connectivity index (χ2v) is 9.73. The summed E-state index contributed by atoms with van der Waals surface area (Å²) in [5.41, 5.74) is 1.79. The number of carbonyl (C=O) groups excluding carboxylic acids is 1. The number of anilines is 1. The van der Waals surface area contributed by atoms with Crippen LogP contribution in [-0.2, 0) is 0 Å². The summed E-state index contributed by atoms with van der Waals surface area (Å²) in [7, 11) is 1.60. The number of ether oxygens (including phenoxy) is 2. The largest absolute Gasteiger partial charge is 0.497 e. The van der Waals surface area contributed by atoms with Crippen LogP contribution in [0.3, 0.4) is 0 Å². The van der Waals surface area contributed by atoms with E-state index >= 15 is 0 Å². The van der Waals surface area contributed by atoms with E-state index in [0.29, 0.717) is 26.2 Å². The Labute approximate surface area is 202 Å². The van der Waals surface area contributed by atoms with Crippen LogP contribution in [0.15, 0.2) is 53.6 Å². The molecule has 0 atom stereocenters. The molecular weight excluding hydrogens is 489 g/mol. The van der Waals surface area contributed by atoms with Gasteiger partial charge in [0, 0.05) is 0 Å². The maximum atomic E-state index is 13.3. The van der Waals surface area contributed by atoms with Crippen molar-refractivity contribution in [1.29, 1.82) is 0 Å². The number of halogens is 2. The van der Waals surface area contributed by atoms with E-state index in [1.54, 1.807) is 13.3 Å². The minimum Gasteiger partial charge on any atom is -0.497 e. The lowest BCUT2D eigenvalue weighted by Gasteiger charge is -2.13. The first-order valence-electron chi connectivity index (χ1n) is 9.49. The molecule has 6 nitrogen and oxygen atoms in total. The lowest BCUT2D eigenvalue weighted by molar-refractivity contribution is 0.0988. The van der Waals surface area contributed by atoms with Crippen LogP contribution in [-0.4, -0.2) is 30.8 Å². The Morgan fingerprint density at radius 3 is 2.53 bits per heavy atom. The normalized spacial score (nSPS) is 11.2. The number of thiophene rings is 1. The highest BCUT2D eigenvalue weighted by molar-refractivity contribution is 7.22. The van der Waals surface area contributed by atoms with Gasteiger partial charge in [0.2, 0.25) is 5.13 Å². The maximum Gasteiger partial charge on any atom is 0.283 e. The molecule has 0 bridgehead atoms. The summed E-state index contributed by atoms with van der Waals surface area (Å²) in [5.74, 6) is 1.04. The minimum atomic E-state index is -0.425. The van der Waals surface area contributed by atoms with E-state index in [9.17, 15) is 4.79 Å². The number of hydrazone groups is 1. The average molecular weight is 506 g/mol. The molecule has 0 N–H and O–H groups in total. The second kappa shape index (κ2) is 9.87. The zero-order chi connectivity index (χ0) is 22.7. The van der Waals surface area contributed by atoms with Crippen LogP contribution in [0.1, 0.15) is 22.8 Å². The number of rotatable bonds is 7. The standard InChI is InChI=1S/C22H17Cl2N3O3S2/c1-3-30-14-6-4-13(5-7-14)12-25-27(21(28)16-11-19(23)32-20(16)24)22-26-17-9-8-15(29-2)10-18(17)31-22/h4-12H,3H2,1-2H3/b25-12+. The molecule has 10 heteroatoms. The number of nitrogens with zero attached hydrogens (tertiary/aromatic N) is 3. The fraction of sp³-hybridized carbons (Fsp3) is 0.136. The molecule has 0 unspecified atom stereocenters. The number of carbonyl (C=O) groups is 1. The van der Waals surface area contributed by atoms with Gasteiger partial charge in [0.05, 0.1) is 40.0 Å². The van der Waals surface area contributed by atoms with Crippen LogP contribution in [0.2, 0.25) is 8.67 Å². The molecule has 0 aliphatic rings. The fourth-order valence-corrected chi connectivity index (χ4v) is 5.24. The van der Waals surface area contributed by atoms with Gasteiger partial charge in [0.15, 0.2) is 0 Å². The Kier molecular flexibility index (Phi) is 6.95. The van der Waals surface area contributed by atoms with Crippen molar-refractivity contribution in [2.75, 3.05) is 18.7 Å². The summed E-state index contributed by atoms with van der Waals surface area (Å²) >= 11 is 14.7. The van der Waals surface area contributed by atoms with Crippen molar-refractivity contribution in [3.8, 4) is 11.5 Å². The molecule has 4 aromatic rings. The third-order valence-electron chi connectivity index (χ3n) is 4.36. The van der Waals surface area contributed by atoms with Gasteiger partial charge in [0.25, 0.3) is 5.91 Å². The van der Waals surface area contributed by atoms with Crippen molar-refractivity contribution in [2.24, 2.45) is 5.10 Å². The van der Waals surface area contributed by atoms with Gasteiger partial charge in [-0.25, -0.2) is 4.98 Å². The summed E-state index contributed by atoms with van der Waals surface area (Å²) in [6.07, 6.45) is 1.59. The van der Waals surface area contributed by atoms with E-state index in [2.05, 4.69) is 10.1 Å². The number of thiazole rings is 1. The molecule has 0 spiro atoms. The Hall–Kier alpha value is -2.65. The Bertz CT molecular complexity index is 1290. The fourth-order valence-electron chi connectivity index (χ4n) is 2.84. The van der Waals surface area contributed by atoms with Crippen LogP contribution >= 0.6 is 45.9 Å². The number of methoxy groups -OCH3 is 1. The lowest BCUT2D eigenvalue weighted by Crippen LogP contribution is -2.25. The third kappa shape index (κ3) is 4.88. The van der Waals surface area contributed by atoms with E-state index in [-0.39, 0.29) is 5.56 Å². The number of aromatic nitrogens is 1. The predicted molar refractivity (Wildman–Crippen MR) is 133 cm³/mol. The van der Waals surface area contributed by atoms with Crippen LogP contribution in [0.25, 0.3) is 10.2 Å². The molecule has 0 aliphatic carbocycles. The van der Waals surface area contributed by atoms with E-state index in [1.807, 2.05) is 49.4 Å². The molecule has 0 saturated carbocycles. The highest BCUT2D eigenvalue weighted by Crippen LogP contribution is 2.36. The summed E-state index contributed by atoms with van der Waals surface area (Å²) in [6, 6.07) is 14.4. The predicted octanol–water partition coefficient (Wildman–Crippen LogP) is 6.75. The highest BCUT2D eigenvalue weighted by Gasteiger charge is 2.25. The summed E-state index contributed by atoms with van der Waals surface area (Å²) < 4.78 is 12.3.